The zero-order valence-corrected chi connectivity index (χ0v) is 11.9. The van der Waals surface area contributed by atoms with Crippen LogP contribution in [0.15, 0.2) is 68.9 Å². The molecule has 2 aromatic carbocycles. The number of carbonyl (C=O) groups is 1. The van der Waals surface area contributed by atoms with Crippen LogP contribution in [0, 0.1) is 0 Å². The zero-order chi connectivity index (χ0) is 16.2. The van der Waals surface area contributed by atoms with Crippen LogP contribution in [0.1, 0.15) is 15.9 Å². The Morgan fingerprint density at radius 3 is 2.65 bits per heavy atom. The molecule has 0 saturated carbocycles. The Balaban J connectivity index is 1.79. The maximum Gasteiger partial charge on any atom is 0.349 e. The normalized spacial score (nSPS) is 11.0. The second-order valence-corrected chi connectivity index (χ2v) is 4.78. The number of nitrogens with one attached hydrogen (secondary N) is 1. The lowest BCUT2D eigenvalue weighted by Gasteiger charge is -2.01. The van der Waals surface area contributed by atoms with Crippen molar-refractivity contribution in [1.82, 2.24) is 5.43 Å². The summed E-state index contributed by atoms with van der Waals surface area (Å²) in [6, 6.07) is 14.7. The number of hydrogen-bond donors (Lipinski definition) is 2. The van der Waals surface area contributed by atoms with E-state index in [0.29, 0.717) is 16.5 Å². The molecule has 0 aliphatic rings. The number of hydrogen-bond acceptors (Lipinski definition) is 5. The number of phenolic OH excluding ortho intramolecular Hbond substituents is 1. The van der Waals surface area contributed by atoms with Gasteiger partial charge in [-0.05, 0) is 42.0 Å². The molecule has 0 saturated heterocycles. The van der Waals surface area contributed by atoms with E-state index in [1.165, 1.54) is 24.4 Å². The van der Waals surface area contributed by atoms with Gasteiger partial charge in [-0.25, -0.2) is 10.2 Å². The highest BCUT2D eigenvalue weighted by Gasteiger charge is 2.12. The first-order valence-corrected chi connectivity index (χ1v) is 6.79. The van der Waals surface area contributed by atoms with E-state index < -0.39 is 11.5 Å². The van der Waals surface area contributed by atoms with Crippen LogP contribution in [0.25, 0.3) is 11.0 Å². The van der Waals surface area contributed by atoms with Crippen LogP contribution < -0.4 is 11.1 Å². The second kappa shape index (κ2) is 6.15. The number of fused-ring (bicyclic) bond motifs is 1. The van der Waals surface area contributed by atoms with Crippen LogP contribution in [0.2, 0.25) is 0 Å². The summed E-state index contributed by atoms with van der Waals surface area (Å²) in [4.78, 5) is 23.9. The Morgan fingerprint density at radius 1 is 1.13 bits per heavy atom. The summed E-state index contributed by atoms with van der Waals surface area (Å²) in [6.45, 7) is 0. The molecule has 0 aliphatic heterocycles. The van der Waals surface area contributed by atoms with Gasteiger partial charge in [0.1, 0.15) is 16.9 Å². The maximum atomic E-state index is 12.0. The minimum absolute atomic E-state index is 0.119. The molecule has 0 bridgehead atoms. The number of carbonyl (C=O) groups excluding carboxylic acids is 1. The van der Waals surface area contributed by atoms with Crippen molar-refractivity contribution in [2.75, 3.05) is 0 Å². The number of rotatable bonds is 3. The number of aromatic hydroxyl groups is 1. The fourth-order valence-corrected chi connectivity index (χ4v) is 2.01. The molecule has 1 amide bonds. The third-order valence-electron chi connectivity index (χ3n) is 3.16. The molecule has 0 fully saturated rings. The molecule has 0 atom stereocenters. The summed E-state index contributed by atoms with van der Waals surface area (Å²) in [7, 11) is 0. The van der Waals surface area contributed by atoms with Crippen molar-refractivity contribution in [1.29, 1.82) is 0 Å². The quantitative estimate of drug-likeness (QED) is 0.441. The number of phenols is 1. The molecule has 2 N–H and O–H groups in total. The smallest absolute Gasteiger partial charge is 0.349 e. The van der Waals surface area contributed by atoms with E-state index in [2.05, 4.69) is 10.5 Å². The van der Waals surface area contributed by atoms with Gasteiger partial charge in [0.2, 0.25) is 0 Å². The number of nitrogens with zero attached hydrogens (tertiary/aromatic N) is 1. The van der Waals surface area contributed by atoms with E-state index in [-0.39, 0.29) is 11.3 Å². The van der Waals surface area contributed by atoms with Gasteiger partial charge in [0.05, 0.1) is 6.21 Å². The lowest BCUT2D eigenvalue weighted by atomic mass is 10.2. The van der Waals surface area contributed by atoms with Crippen LogP contribution in [-0.4, -0.2) is 17.2 Å². The van der Waals surface area contributed by atoms with Crippen molar-refractivity contribution in [3.8, 4) is 5.75 Å². The molecule has 0 unspecified atom stereocenters. The van der Waals surface area contributed by atoms with Crippen LogP contribution in [0.3, 0.4) is 0 Å². The Labute approximate surface area is 130 Å². The zero-order valence-electron chi connectivity index (χ0n) is 11.9. The van der Waals surface area contributed by atoms with E-state index in [0.717, 1.165) is 0 Å². The molecule has 0 aliphatic carbocycles. The van der Waals surface area contributed by atoms with Crippen LogP contribution in [0.5, 0.6) is 5.75 Å². The topological polar surface area (TPSA) is 91.9 Å². The second-order valence-electron chi connectivity index (χ2n) is 4.78. The largest absolute Gasteiger partial charge is 0.508 e. The molecule has 6 heteroatoms. The molecular formula is C17H12N2O4. The Kier molecular flexibility index (Phi) is 3.88. The lowest BCUT2D eigenvalue weighted by Crippen LogP contribution is -2.24. The molecule has 3 rings (SSSR count). The van der Waals surface area contributed by atoms with Gasteiger partial charge in [-0.1, -0.05) is 18.2 Å². The first-order valence-electron chi connectivity index (χ1n) is 6.79. The average Bonchev–Trinajstić information content (AvgIpc) is 2.56. The van der Waals surface area contributed by atoms with Crippen molar-refractivity contribution in [2.45, 2.75) is 0 Å². The Morgan fingerprint density at radius 2 is 1.87 bits per heavy atom. The van der Waals surface area contributed by atoms with Crippen LogP contribution in [-0.2, 0) is 0 Å². The van der Waals surface area contributed by atoms with Crippen molar-refractivity contribution in [2.24, 2.45) is 5.10 Å². The molecule has 0 spiro atoms. The van der Waals surface area contributed by atoms with Gasteiger partial charge < -0.3 is 9.52 Å². The molecule has 6 nitrogen and oxygen atoms in total. The molecule has 3 aromatic rings. The lowest BCUT2D eigenvalue weighted by molar-refractivity contribution is 0.0951. The molecule has 1 heterocycles. The van der Waals surface area contributed by atoms with E-state index in [1.807, 2.05) is 0 Å². The minimum atomic E-state index is -0.721. The van der Waals surface area contributed by atoms with E-state index in [4.69, 9.17) is 4.42 Å². The van der Waals surface area contributed by atoms with Crippen molar-refractivity contribution >= 4 is 23.1 Å². The van der Waals surface area contributed by atoms with Crippen molar-refractivity contribution in [3.63, 3.8) is 0 Å². The molecule has 1 aromatic heterocycles. The molecular weight excluding hydrogens is 296 g/mol. The van der Waals surface area contributed by atoms with Crippen molar-refractivity contribution < 1.29 is 14.3 Å². The third kappa shape index (κ3) is 3.26. The molecule has 0 radical (unpaired) electrons. The highest BCUT2D eigenvalue weighted by atomic mass is 16.4. The fraction of sp³-hybridized carbons (Fsp3) is 0. The SMILES string of the molecule is O=C(N/N=C/c1ccc(O)cc1)c1cc2ccccc2oc1=O. The van der Waals surface area contributed by atoms with Crippen LogP contribution >= 0.6 is 0 Å². The minimum Gasteiger partial charge on any atom is -0.508 e. The van der Waals surface area contributed by atoms with Gasteiger partial charge in [0.25, 0.3) is 5.91 Å². The summed E-state index contributed by atoms with van der Waals surface area (Å²) in [5.74, 6) is -0.514. The highest BCUT2D eigenvalue weighted by Crippen LogP contribution is 2.12. The first-order chi connectivity index (χ1) is 11.1. The summed E-state index contributed by atoms with van der Waals surface area (Å²) in [5.41, 5.74) is 2.54. The van der Waals surface area contributed by atoms with Gasteiger partial charge in [-0.3, -0.25) is 4.79 Å². The van der Waals surface area contributed by atoms with Gasteiger partial charge in [0.15, 0.2) is 0 Å². The van der Waals surface area contributed by atoms with E-state index in [1.54, 1.807) is 36.4 Å². The Hall–Kier alpha value is -3.41. The summed E-state index contributed by atoms with van der Waals surface area (Å²) in [5, 5.41) is 13.6. The number of amides is 1. The fourth-order valence-electron chi connectivity index (χ4n) is 2.01. The first kappa shape index (κ1) is 14.5. The highest BCUT2D eigenvalue weighted by molar-refractivity contribution is 5.97. The van der Waals surface area contributed by atoms with Gasteiger partial charge >= 0.3 is 5.63 Å². The molecule has 114 valence electrons. The molecule has 23 heavy (non-hydrogen) atoms. The van der Waals surface area contributed by atoms with E-state index in [9.17, 15) is 14.7 Å². The number of para-hydroxylation sites is 1. The monoisotopic (exact) mass is 308 g/mol. The van der Waals surface area contributed by atoms with Crippen molar-refractivity contribution in [3.05, 3.63) is 76.1 Å². The predicted molar refractivity (Wildman–Crippen MR) is 85.7 cm³/mol. The van der Waals surface area contributed by atoms with Gasteiger partial charge in [-0.15, -0.1) is 0 Å². The Bertz CT molecular complexity index is 943. The third-order valence-corrected chi connectivity index (χ3v) is 3.16. The standard InChI is InChI=1S/C17H12N2O4/c20-13-7-5-11(6-8-13)10-18-19-16(21)14-9-12-3-1-2-4-15(12)23-17(14)22/h1-10,20H,(H,19,21)/b18-10+. The van der Waals surface area contributed by atoms with Gasteiger partial charge in [-0.2, -0.15) is 5.10 Å². The van der Waals surface area contributed by atoms with Crippen LogP contribution in [0.4, 0.5) is 0 Å². The summed E-state index contributed by atoms with van der Waals surface area (Å²) < 4.78 is 5.10. The number of hydrazone groups is 1. The number of benzene rings is 2. The predicted octanol–water partition coefficient (Wildman–Crippen LogP) is 2.26. The maximum absolute atomic E-state index is 12.0. The van der Waals surface area contributed by atoms with E-state index >= 15 is 0 Å². The summed E-state index contributed by atoms with van der Waals surface area (Å²) >= 11 is 0. The summed E-state index contributed by atoms with van der Waals surface area (Å²) in [6.07, 6.45) is 1.40. The van der Waals surface area contributed by atoms with Gasteiger partial charge in [0, 0.05) is 5.39 Å². The average molecular weight is 308 g/mol.